The Labute approximate surface area is 110 Å². The van der Waals surface area contributed by atoms with E-state index < -0.39 is 5.97 Å². The van der Waals surface area contributed by atoms with Gasteiger partial charge in [-0.15, -0.1) is 16.4 Å². The van der Waals surface area contributed by atoms with Crippen LogP contribution >= 0.6 is 27.3 Å². The Kier molecular flexibility index (Phi) is 3.70. The van der Waals surface area contributed by atoms with Gasteiger partial charge >= 0.3 is 5.97 Å². The molecular weight excluding hydrogens is 306 g/mol. The molecule has 0 bridgehead atoms. The highest BCUT2D eigenvalue weighted by atomic mass is 79.9. The van der Waals surface area contributed by atoms with Gasteiger partial charge in [0.25, 0.3) is 0 Å². The number of carbonyl (C=O) groups is 1. The molecule has 2 heterocycles. The summed E-state index contributed by atoms with van der Waals surface area (Å²) >= 11 is 4.93. The number of hydrogen-bond acceptors (Lipinski definition) is 5. The highest BCUT2D eigenvalue weighted by molar-refractivity contribution is 9.10. The zero-order valence-corrected chi connectivity index (χ0v) is 11.0. The number of nitrogens with zero attached hydrogens (tertiary/aromatic N) is 2. The Morgan fingerprint density at radius 1 is 1.59 bits per heavy atom. The first-order valence-electron chi connectivity index (χ1n) is 4.68. The molecule has 0 fully saturated rings. The Hall–Kier alpha value is -1.47. The third-order valence-corrected chi connectivity index (χ3v) is 3.70. The zero-order chi connectivity index (χ0) is 12.3. The summed E-state index contributed by atoms with van der Waals surface area (Å²) in [5.41, 5.74) is 0.121. The molecule has 0 radical (unpaired) electrons. The normalized spacial score (nSPS) is 10.2. The third-order valence-electron chi connectivity index (χ3n) is 2.00. The van der Waals surface area contributed by atoms with Crippen molar-refractivity contribution in [3.05, 3.63) is 38.6 Å². The average molecular weight is 314 g/mol. The molecule has 0 spiro atoms. The summed E-state index contributed by atoms with van der Waals surface area (Å²) in [5.74, 6) is -0.737. The van der Waals surface area contributed by atoms with Crippen LogP contribution in [-0.4, -0.2) is 21.3 Å². The average Bonchev–Trinajstić information content (AvgIpc) is 2.73. The smallest absolute Gasteiger partial charge is 0.339 e. The molecule has 0 unspecified atom stereocenters. The quantitative estimate of drug-likeness (QED) is 0.907. The number of halogens is 1. The summed E-state index contributed by atoms with van der Waals surface area (Å²) in [7, 11) is 0. The first-order chi connectivity index (χ1) is 8.16. The number of aromatic nitrogens is 2. The Bertz CT molecular complexity index is 544. The van der Waals surface area contributed by atoms with Crippen molar-refractivity contribution in [2.75, 3.05) is 5.32 Å². The van der Waals surface area contributed by atoms with Gasteiger partial charge in [0.15, 0.2) is 5.82 Å². The molecule has 2 aromatic rings. The summed E-state index contributed by atoms with van der Waals surface area (Å²) in [6.07, 6.45) is 1.36. The van der Waals surface area contributed by atoms with E-state index >= 15 is 0 Å². The van der Waals surface area contributed by atoms with Gasteiger partial charge in [0.2, 0.25) is 0 Å². The fourth-order valence-corrected chi connectivity index (χ4v) is 2.64. The zero-order valence-electron chi connectivity index (χ0n) is 8.55. The molecule has 0 aromatic carbocycles. The van der Waals surface area contributed by atoms with Crippen LogP contribution in [0.4, 0.5) is 5.82 Å². The number of thiophene rings is 1. The number of nitrogens with one attached hydrogen (secondary N) is 1. The molecule has 17 heavy (non-hydrogen) atoms. The first-order valence-corrected chi connectivity index (χ1v) is 6.36. The van der Waals surface area contributed by atoms with E-state index in [2.05, 4.69) is 31.4 Å². The molecule has 0 atom stereocenters. The summed E-state index contributed by atoms with van der Waals surface area (Å²) in [6.45, 7) is 0.523. The maximum Gasteiger partial charge on any atom is 0.339 e. The number of aromatic carboxylic acids is 1. The lowest BCUT2D eigenvalue weighted by molar-refractivity contribution is 0.0697. The van der Waals surface area contributed by atoms with E-state index in [1.807, 2.05) is 11.4 Å². The van der Waals surface area contributed by atoms with Gasteiger partial charge in [-0.05, 0) is 28.1 Å². The first kappa shape index (κ1) is 12.0. The molecule has 88 valence electrons. The van der Waals surface area contributed by atoms with E-state index in [0.717, 1.165) is 9.35 Å². The minimum atomic E-state index is -1.02. The molecule has 0 aliphatic carbocycles. The highest BCUT2D eigenvalue weighted by Gasteiger charge is 2.11. The Balaban J connectivity index is 2.11. The van der Waals surface area contributed by atoms with Gasteiger partial charge in [-0.1, -0.05) is 0 Å². The molecular formula is C10H8BrN3O2S. The molecule has 5 nitrogen and oxygen atoms in total. The van der Waals surface area contributed by atoms with Crippen molar-refractivity contribution in [1.82, 2.24) is 10.2 Å². The van der Waals surface area contributed by atoms with E-state index in [0.29, 0.717) is 6.54 Å². The number of hydrogen-bond donors (Lipinski definition) is 2. The van der Waals surface area contributed by atoms with Crippen molar-refractivity contribution >= 4 is 39.1 Å². The maximum absolute atomic E-state index is 10.9. The van der Waals surface area contributed by atoms with Gasteiger partial charge in [-0.2, -0.15) is 5.10 Å². The molecule has 0 saturated heterocycles. The Morgan fingerprint density at radius 3 is 3.06 bits per heavy atom. The van der Waals surface area contributed by atoms with Crippen LogP contribution in [0.3, 0.4) is 0 Å². The van der Waals surface area contributed by atoms with Gasteiger partial charge < -0.3 is 10.4 Å². The number of rotatable bonds is 4. The van der Waals surface area contributed by atoms with Crippen LogP contribution in [0.25, 0.3) is 0 Å². The van der Waals surface area contributed by atoms with Crippen LogP contribution in [0.15, 0.2) is 28.2 Å². The SMILES string of the molecule is O=C(O)c1ccnnc1NCc1cc(Br)cs1. The number of carboxylic acid groups (broad SMARTS) is 1. The van der Waals surface area contributed by atoms with Crippen LogP contribution in [0.2, 0.25) is 0 Å². The van der Waals surface area contributed by atoms with E-state index in [-0.39, 0.29) is 11.4 Å². The van der Waals surface area contributed by atoms with Gasteiger partial charge in [0, 0.05) is 14.7 Å². The van der Waals surface area contributed by atoms with Crippen LogP contribution in [0, 0.1) is 0 Å². The largest absolute Gasteiger partial charge is 0.478 e. The summed E-state index contributed by atoms with van der Waals surface area (Å²) in [4.78, 5) is 12.0. The third kappa shape index (κ3) is 3.01. The van der Waals surface area contributed by atoms with Crippen molar-refractivity contribution in [2.24, 2.45) is 0 Å². The van der Waals surface area contributed by atoms with Crippen LogP contribution < -0.4 is 5.32 Å². The van der Waals surface area contributed by atoms with Gasteiger partial charge in [-0.25, -0.2) is 4.79 Å². The number of anilines is 1. The maximum atomic E-state index is 10.9. The molecule has 2 aromatic heterocycles. The molecule has 0 amide bonds. The summed E-state index contributed by atoms with van der Waals surface area (Å²) in [5, 5.41) is 21.3. The van der Waals surface area contributed by atoms with Gasteiger partial charge in [0.1, 0.15) is 5.56 Å². The lowest BCUT2D eigenvalue weighted by atomic mass is 10.3. The van der Waals surface area contributed by atoms with E-state index in [9.17, 15) is 4.79 Å². The van der Waals surface area contributed by atoms with E-state index in [1.54, 1.807) is 11.3 Å². The van der Waals surface area contributed by atoms with Gasteiger partial charge in [0.05, 0.1) is 12.7 Å². The molecule has 0 saturated carbocycles. The lowest BCUT2D eigenvalue weighted by Gasteiger charge is -2.05. The Morgan fingerprint density at radius 2 is 2.41 bits per heavy atom. The lowest BCUT2D eigenvalue weighted by Crippen LogP contribution is -2.08. The molecule has 7 heteroatoms. The summed E-state index contributed by atoms with van der Waals surface area (Å²) in [6, 6.07) is 3.39. The molecule has 2 rings (SSSR count). The van der Waals surface area contributed by atoms with Gasteiger partial charge in [-0.3, -0.25) is 0 Å². The second-order valence-corrected chi connectivity index (χ2v) is 5.09. The molecule has 0 aliphatic heterocycles. The molecule has 0 aliphatic rings. The predicted octanol–water partition coefficient (Wildman–Crippen LogP) is 2.61. The summed E-state index contributed by atoms with van der Waals surface area (Å²) < 4.78 is 1.01. The molecule has 2 N–H and O–H groups in total. The van der Waals surface area contributed by atoms with Crippen LogP contribution in [-0.2, 0) is 6.54 Å². The fourth-order valence-electron chi connectivity index (χ4n) is 1.25. The fraction of sp³-hybridized carbons (Fsp3) is 0.100. The van der Waals surface area contributed by atoms with Crippen molar-refractivity contribution < 1.29 is 9.90 Å². The second-order valence-electron chi connectivity index (χ2n) is 3.18. The van der Waals surface area contributed by atoms with Crippen LogP contribution in [0.1, 0.15) is 15.2 Å². The second kappa shape index (κ2) is 5.24. The van der Waals surface area contributed by atoms with E-state index in [1.165, 1.54) is 12.3 Å². The predicted molar refractivity (Wildman–Crippen MR) is 68.3 cm³/mol. The standard InChI is InChI=1S/C10H8BrN3O2S/c11-6-3-7(17-5-6)4-12-9-8(10(15)16)1-2-13-14-9/h1-3,5H,4H2,(H,12,14)(H,15,16). The van der Waals surface area contributed by atoms with Crippen molar-refractivity contribution in [3.8, 4) is 0 Å². The van der Waals surface area contributed by atoms with Crippen molar-refractivity contribution in [2.45, 2.75) is 6.54 Å². The topological polar surface area (TPSA) is 75.1 Å². The van der Waals surface area contributed by atoms with Crippen LogP contribution in [0.5, 0.6) is 0 Å². The minimum Gasteiger partial charge on any atom is -0.478 e. The number of carboxylic acids is 1. The minimum absolute atomic E-state index is 0.121. The highest BCUT2D eigenvalue weighted by Crippen LogP contribution is 2.21. The van der Waals surface area contributed by atoms with Crippen molar-refractivity contribution in [3.63, 3.8) is 0 Å². The van der Waals surface area contributed by atoms with Crippen molar-refractivity contribution in [1.29, 1.82) is 0 Å². The van der Waals surface area contributed by atoms with E-state index in [4.69, 9.17) is 5.11 Å². The monoisotopic (exact) mass is 313 g/mol.